The van der Waals surface area contributed by atoms with Crippen LogP contribution < -0.4 is 5.32 Å². The van der Waals surface area contributed by atoms with Crippen molar-refractivity contribution in [3.8, 4) is 10.8 Å². The van der Waals surface area contributed by atoms with Crippen LogP contribution in [-0.4, -0.2) is 15.2 Å². The standard InChI is InChI=1S/C11H6N2O2S3/c14-9-8(18-11(16)13-9)4-6-5-17-10(12-6)7-2-1-3-15-7/h1-5H,(H,13,14,16)/b8-4-. The highest BCUT2D eigenvalue weighted by Gasteiger charge is 2.22. The average Bonchev–Trinajstić information content (AvgIpc) is 3.02. The lowest BCUT2D eigenvalue weighted by atomic mass is 10.4. The fourth-order valence-electron chi connectivity index (χ4n) is 1.42. The van der Waals surface area contributed by atoms with Gasteiger partial charge in [-0.05, 0) is 18.2 Å². The Kier molecular flexibility index (Phi) is 3.02. The van der Waals surface area contributed by atoms with Crippen molar-refractivity contribution >= 4 is 51.6 Å². The Morgan fingerprint density at radius 3 is 3.06 bits per heavy atom. The first-order chi connectivity index (χ1) is 8.72. The highest BCUT2D eigenvalue weighted by molar-refractivity contribution is 8.26. The van der Waals surface area contributed by atoms with Gasteiger partial charge in [-0.25, -0.2) is 4.98 Å². The van der Waals surface area contributed by atoms with Crippen LogP contribution in [0.5, 0.6) is 0 Å². The molecule has 1 fully saturated rings. The van der Waals surface area contributed by atoms with Gasteiger partial charge in [-0.3, -0.25) is 4.79 Å². The molecule has 2 aromatic heterocycles. The topological polar surface area (TPSA) is 55.1 Å². The van der Waals surface area contributed by atoms with E-state index in [1.807, 2.05) is 17.5 Å². The van der Waals surface area contributed by atoms with Gasteiger partial charge in [-0.1, -0.05) is 24.0 Å². The summed E-state index contributed by atoms with van der Waals surface area (Å²) < 4.78 is 5.74. The second-order valence-electron chi connectivity index (χ2n) is 3.41. The van der Waals surface area contributed by atoms with Gasteiger partial charge in [-0.2, -0.15) is 0 Å². The van der Waals surface area contributed by atoms with Gasteiger partial charge in [0.2, 0.25) is 0 Å². The number of carbonyl (C=O) groups excluding carboxylic acids is 1. The molecule has 18 heavy (non-hydrogen) atoms. The number of aromatic nitrogens is 1. The van der Waals surface area contributed by atoms with Crippen LogP contribution in [0.3, 0.4) is 0 Å². The normalized spacial score (nSPS) is 17.4. The second-order valence-corrected chi connectivity index (χ2v) is 5.98. The summed E-state index contributed by atoms with van der Waals surface area (Å²) in [6, 6.07) is 3.66. The molecule has 0 aliphatic carbocycles. The van der Waals surface area contributed by atoms with Crippen LogP contribution in [-0.2, 0) is 4.79 Å². The van der Waals surface area contributed by atoms with Crippen molar-refractivity contribution in [2.24, 2.45) is 0 Å². The van der Waals surface area contributed by atoms with Crippen LogP contribution in [0.4, 0.5) is 0 Å². The summed E-state index contributed by atoms with van der Waals surface area (Å²) in [6.07, 6.45) is 3.33. The summed E-state index contributed by atoms with van der Waals surface area (Å²) in [6.45, 7) is 0. The van der Waals surface area contributed by atoms with E-state index in [4.69, 9.17) is 16.6 Å². The number of amides is 1. The Morgan fingerprint density at radius 2 is 2.39 bits per heavy atom. The molecule has 90 valence electrons. The van der Waals surface area contributed by atoms with Gasteiger partial charge in [0.05, 0.1) is 16.9 Å². The van der Waals surface area contributed by atoms with E-state index in [2.05, 4.69) is 10.3 Å². The summed E-state index contributed by atoms with van der Waals surface area (Å²) in [4.78, 5) is 16.4. The quantitative estimate of drug-likeness (QED) is 0.682. The molecule has 1 N–H and O–H groups in total. The van der Waals surface area contributed by atoms with E-state index in [9.17, 15) is 4.79 Å². The van der Waals surface area contributed by atoms with E-state index in [0.29, 0.717) is 9.23 Å². The second kappa shape index (κ2) is 4.68. The zero-order chi connectivity index (χ0) is 12.5. The molecule has 0 atom stereocenters. The van der Waals surface area contributed by atoms with Gasteiger partial charge >= 0.3 is 0 Å². The predicted molar refractivity (Wildman–Crippen MR) is 76.1 cm³/mol. The molecule has 1 aliphatic rings. The van der Waals surface area contributed by atoms with E-state index < -0.39 is 0 Å². The van der Waals surface area contributed by atoms with Crippen molar-refractivity contribution in [1.82, 2.24) is 10.3 Å². The minimum absolute atomic E-state index is 0.169. The Morgan fingerprint density at radius 1 is 1.50 bits per heavy atom. The largest absolute Gasteiger partial charge is 0.462 e. The van der Waals surface area contributed by atoms with E-state index in [1.54, 1.807) is 12.3 Å². The van der Waals surface area contributed by atoms with Crippen LogP contribution in [0, 0.1) is 0 Å². The highest BCUT2D eigenvalue weighted by Crippen LogP contribution is 2.28. The van der Waals surface area contributed by atoms with Gasteiger partial charge < -0.3 is 9.73 Å². The third kappa shape index (κ3) is 2.24. The molecule has 3 heterocycles. The number of thioether (sulfide) groups is 1. The van der Waals surface area contributed by atoms with E-state index >= 15 is 0 Å². The van der Waals surface area contributed by atoms with Crippen molar-refractivity contribution in [2.45, 2.75) is 0 Å². The third-order valence-electron chi connectivity index (χ3n) is 2.17. The number of thiazole rings is 1. The summed E-state index contributed by atoms with van der Waals surface area (Å²) in [7, 11) is 0. The maximum absolute atomic E-state index is 11.5. The van der Waals surface area contributed by atoms with Gasteiger partial charge in [0, 0.05) is 5.38 Å². The highest BCUT2D eigenvalue weighted by atomic mass is 32.2. The molecule has 3 rings (SSSR count). The first-order valence-corrected chi connectivity index (χ1v) is 7.07. The molecular formula is C11H6N2O2S3. The molecule has 0 unspecified atom stereocenters. The van der Waals surface area contributed by atoms with Gasteiger partial charge in [0.1, 0.15) is 4.32 Å². The molecule has 0 aromatic carbocycles. The van der Waals surface area contributed by atoms with Crippen molar-refractivity contribution in [1.29, 1.82) is 0 Å². The third-order valence-corrected chi connectivity index (χ3v) is 4.21. The molecule has 2 aromatic rings. The molecule has 7 heteroatoms. The van der Waals surface area contributed by atoms with Crippen LogP contribution >= 0.6 is 35.3 Å². The molecule has 0 spiro atoms. The molecule has 0 bridgehead atoms. The number of thiocarbonyl (C=S) groups is 1. The maximum atomic E-state index is 11.5. The lowest BCUT2D eigenvalue weighted by Gasteiger charge is -1.89. The van der Waals surface area contributed by atoms with Crippen molar-refractivity contribution < 1.29 is 9.21 Å². The Labute approximate surface area is 116 Å². The number of carbonyl (C=O) groups is 1. The van der Waals surface area contributed by atoms with Crippen molar-refractivity contribution in [3.63, 3.8) is 0 Å². The predicted octanol–water partition coefficient (Wildman–Crippen LogP) is 2.89. The van der Waals surface area contributed by atoms with Gasteiger partial charge in [-0.15, -0.1) is 11.3 Å². The fraction of sp³-hybridized carbons (Fsp3) is 0. The van der Waals surface area contributed by atoms with Crippen LogP contribution in [0.1, 0.15) is 5.69 Å². The summed E-state index contributed by atoms with van der Waals surface area (Å²) >= 11 is 7.63. The number of hydrogen-bond acceptors (Lipinski definition) is 6. The number of rotatable bonds is 2. The van der Waals surface area contributed by atoms with E-state index in [1.165, 1.54) is 23.1 Å². The maximum Gasteiger partial charge on any atom is 0.263 e. The number of hydrogen-bond donors (Lipinski definition) is 1. The molecule has 1 amide bonds. The van der Waals surface area contributed by atoms with Crippen molar-refractivity contribution in [3.05, 3.63) is 34.4 Å². The Hall–Kier alpha value is -1.44. The zero-order valence-corrected chi connectivity index (χ0v) is 11.3. The smallest absolute Gasteiger partial charge is 0.263 e. The molecule has 0 saturated carbocycles. The molecule has 1 saturated heterocycles. The lowest BCUT2D eigenvalue weighted by Crippen LogP contribution is -2.17. The Bertz CT molecular complexity index is 643. The summed E-state index contributed by atoms with van der Waals surface area (Å²) in [5, 5.41) is 5.23. The number of nitrogens with zero attached hydrogens (tertiary/aromatic N) is 1. The van der Waals surface area contributed by atoms with Crippen LogP contribution in [0.25, 0.3) is 16.8 Å². The average molecular weight is 294 g/mol. The summed E-state index contributed by atoms with van der Waals surface area (Å²) in [5.41, 5.74) is 0.730. The number of nitrogens with one attached hydrogen (secondary N) is 1. The first-order valence-electron chi connectivity index (χ1n) is 4.96. The molecular weight excluding hydrogens is 288 g/mol. The van der Waals surface area contributed by atoms with Gasteiger partial charge in [0.15, 0.2) is 10.8 Å². The molecule has 4 nitrogen and oxygen atoms in total. The lowest BCUT2D eigenvalue weighted by molar-refractivity contribution is -0.115. The Balaban J connectivity index is 1.88. The SMILES string of the molecule is O=C1NC(=S)S/C1=C\c1csc(-c2ccco2)n1. The molecule has 1 aliphatic heterocycles. The van der Waals surface area contributed by atoms with E-state index in [-0.39, 0.29) is 5.91 Å². The fourth-order valence-corrected chi connectivity index (χ4v) is 3.19. The van der Waals surface area contributed by atoms with Crippen LogP contribution in [0.2, 0.25) is 0 Å². The number of furan rings is 1. The molecule has 0 radical (unpaired) electrons. The minimum Gasteiger partial charge on any atom is -0.462 e. The van der Waals surface area contributed by atoms with E-state index in [0.717, 1.165) is 16.5 Å². The first kappa shape index (κ1) is 11.6. The van der Waals surface area contributed by atoms with Gasteiger partial charge in [0.25, 0.3) is 5.91 Å². The zero-order valence-electron chi connectivity index (χ0n) is 8.88. The summed E-state index contributed by atoms with van der Waals surface area (Å²) in [5.74, 6) is 0.557. The van der Waals surface area contributed by atoms with Crippen molar-refractivity contribution in [2.75, 3.05) is 0 Å². The van der Waals surface area contributed by atoms with Crippen LogP contribution in [0.15, 0.2) is 33.1 Å². The monoisotopic (exact) mass is 294 g/mol. The minimum atomic E-state index is -0.169.